The van der Waals surface area contributed by atoms with Crippen LogP contribution in [-0.2, 0) is 4.79 Å². The van der Waals surface area contributed by atoms with Crippen molar-refractivity contribution in [1.29, 1.82) is 0 Å². The summed E-state index contributed by atoms with van der Waals surface area (Å²) in [6.07, 6.45) is 2.33. The van der Waals surface area contributed by atoms with Crippen LogP contribution in [0.2, 0.25) is 0 Å². The maximum Gasteiger partial charge on any atom is 0.241 e. The second-order valence-corrected chi connectivity index (χ2v) is 5.59. The summed E-state index contributed by atoms with van der Waals surface area (Å²) in [6, 6.07) is 17.3. The molecule has 0 aliphatic heterocycles. The highest BCUT2D eigenvalue weighted by atomic mass is 16.5. The van der Waals surface area contributed by atoms with Gasteiger partial charge >= 0.3 is 0 Å². The summed E-state index contributed by atoms with van der Waals surface area (Å²) >= 11 is 0. The molecule has 114 valence electrons. The van der Waals surface area contributed by atoms with Crippen LogP contribution in [0.1, 0.15) is 19.8 Å². The molecule has 1 atom stereocenters. The smallest absolute Gasteiger partial charge is 0.241 e. The van der Waals surface area contributed by atoms with Gasteiger partial charge < -0.3 is 15.4 Å². The largest absolute Gasteiger partial charge is 0.457 e. The number of nitrogens with one attached hydrogen (secondary N) is 2. The van der Waals surface area contributed by atoms with Crippen molar-refractivity contribution < 1.29 is 9.53 Å². The molecular formula is C18H20N2O2. The molecule has 4 heteroatoms. The molecule has 4 nitrogen and oxygen atoms in total. The molecule has 0 spiro atoms. The molecule has 22 heavy (non-hydrogen) atoms. The number of ether oxygens (including phenoxy) is 1. The Morgan fingerprint density at radius 3 is 2.55 bits per heavy atom. The van der Waals surface area contributed by atoms with Crippen LogP contribution < -0.4 is 15.4 Å². The van der Waals surface area contributed by atoms with Gasteiger partial charge in [0.1, 0.15) is 11.5 Å². The van der Waals surface area contributed by atoms with Crippen molar-refractivity contribution in [1.82, 2.24) is 5.32 Å². The van der Waals surface area contributed by atoms with E-state index in [0.717, 1.165) is 24.3 Å². The monoisotopic (exact) mass is 296 g/mol. The first kappa shape index (κ1) is 14.6. The third-order valence-electron chi connectivity index (χ3n) is 3.54. The highest BCUT2D eigenvalue weighted by Gasteiger charge is 2.25. The van der Waals surface area contributed by atoms with Crippen LogP contribution in [0.25, 0.3) is 0 Å². The Morgan fingerprint density at radius 1 is 1.09 bits per heavy atom. The number of hydrogen-bond donors (Lipinski definition) is 2. The predicted molar refractivity (Wildman–Crippen MR) is 87.2 cm³/mol. The van der Waals surface area contributed by atoms with Crippen molar-refractivity contribution in [3.8, 4) is 11.5 Å². The Kier molecular flexibility index (Phi) is 4.39. The Labute approximate surface area is 130 Å². The number of carbonyl (C=O) groups excluding carboxylic acids is 1. The Bertz CT molecular complexity index is 639. The lowest BCUT2D eigenvalue weighted by Crippen LogP contribution is -2.39. The van der Waals surface area contributed by atoms with E-state index in [-0.39, 0.29) is 11.9 Å². The molecule has 2 aromatic carbocycles. The molecular weight excluding hydrogens is 276 g/mol. The van der Waals surface area contributed by atoms with E-state index in [2.05, 4.69) is 10.6 Å². The van der Waals surface area contributed by atoms with E-state index in [4.69, 9.17) is 4.74 Å². The van der Waals surface area contributed by atoms with E-state index in [0.29, 0.717) is 11.8 Å². The maximum absolute atomic E-state index is 12.1. The first-order valence-electron chi connectivity index (χ1n) is 7.60. The Morgan fingerprint density at radius 2 is 1.82 bits per heavy atom. The highest BCUT2D eigenvalue weighted by molar-refractivity contribution is 5.94. The number of benzene rings is 2. The quantitative estimate of drug-likeness (QED) is 0.857. The number of amides is 1. The van der Waals surface area contributed by atoms with Crippen LogP contribution >= 0.6 is 0 Å². The van der Waals surface area contributed by atoms with Gasteiger partial charge in [-0.3, -0.25) is 4.79 Å². The zero-order valence-corrected chi connectivity index (χ0v) is 12.6. The average molecular weight is 296 g/mol. The summed E-state index contributed by atoms with van der Waals surface area (Å²) in [5, 5.41) is 6.20. The van der Waals surface area contributed by atoms with Gasteiger partial charge in [0.05, 0.1) is 6.04 Å². The maximum atomic E-state index is 12.1. The second kappa shape index (κ2) is 6.62. The van der Waals surface area contributed by atoms with Gasteiger partial charge in [0.2, 0.25) is 5.91 Å². The van der Waals surface area contributed by atoms with Gasteiger partial charge in [0.25, 0.3) is 0 Å². The fourth-order valence-electron chi connectivity index (χ4n) is 2.19. The van der Waals surface area contributed by atoms with Crippen LogP contribution in [0.5, 0.6) is 11.5 Å². The van der Waals surface area contributed by atoms with Crippen molar-refractivity contribution in [2.24, 2.45) is 0 Å². The summed E-state index contributed by atoms with van der Waals surface area (Å²) in [7, 11) is 0. The molecule has 1 fully saturated rings. The summed E-state index contributed by atoms with van der Waals surface area (Å²) < 4.78 is 5.77. The van der Waals surface area contributed by atoms with E-state index in [1.165, 1.54) is 0 Å². The fraction of sp³-hybridized carbons (Fsp3) is 0.278. The van der Waals surface area contributed by atoms with Crippen LogP contribution in [-0.4, -0.2) is 18.0 Å². The third-order valence-corrected chi connectivity index (χ3v) is 3.54. The molecule has 2 aromatic rings. The van der Waals surface area contributed by atoms with Gasteiger partial charge in [-0.05, 0) is 44.0 Å². The van der Waals surface area contributed by atoms with Crippen molar-refractivity contribution in [3.63, 3.8) is 0 Å². The normalized spacial score (nSPS) is 15.1. The van der Waals surface area contributed by atoms with E-state index in [9.17, 15) is 4.79 Å². The molecule has 1 aliphatic rings. The van der Waals surface area contributed by atoms with E-state index in [1.807, 2.05) is 61.5 Å². The summed E-state index contributed by atoms with van der Waals surface area (Å²) in [5.74, 6) is 1.45. The Balaban J connectivity index is 1.61. The standard InChI is InChI=1S/C18H20N2O2/c1-13(19-14-10-11-14)18(21)20-15-6-5-9-17(12-15)22-16-7-3-2-4-8-16/h2-9,12-14,19H,10-11H2,1H3,(H,20,21). The average Bonchev–Trinajstić information content (AvgIpc) is 3.32. The topological polar surface area (TPSA) is 50.4 Å². The molecule has 1 saturated carbocycles. The van der Waals surface area contributed by atoms with Gasteiger partial charge in [0, 0.05) is 17.8 Å². The minimum atomic E-state index is -0.189. The first-order chi connectivity index (χ1) is 10.7. The van der Waals surface area contributed by atoms with E-state index in [1.54, 1.807) is 0 Å². The highest BCUT2D eigenvalue weighted by Crippen LogP contribution is 2.24. The minimum absolute atomic E-state index is 0.0243. The molecule has 1 aliphatic carbocycles. The van der Waals surface area contributed by atoms with Crippen LogP contribution in [0, 0.1) is 0 Å². The second-order valence-electron chi connectivity index (χ2n) is 5.59. The number of carbonyl (C=O) groups is 1. The minimum Gasteiger partial charge on any atom is -0.457 e. The van der Waals surface area contributed by atoms with Gasteiger partial charge in [-0.2, -0.15) is 0 Å². The Hall–Kier alpha value is -2.33. The third kappa shape index (κ3) is 4.09. The van der Waals surface area contributed by atoms with Crippen LogP contribution in [0.15, 0.2) is 54.6 Å². The molecule has 1 amide bonds. The van der Waals surface area contributed by atoms with E-state index < -0.39 is 0 Å². The molecule has 2 N–H and O–H groups in total. The van der Waals surface area contributed by atoms with Crippen LogP contribution in [0.3, 0.4) is 0 Å². The molecule has 0 radical (unpaired) electrons. The first-order valence-corrected chi connectivity index (χ1v) is 7.60. The summed E-state index contributed by atoms with van der Waals surface area (Å²) in [5.41, 5.74) is 0.739. The molecule has 3 rings (SSSR count). The van der Waals surface area contributed by atoms with E-state index >= 15 is 0 Å². The van der Waals surface area contributed by atoms with Gasteiger partial charge in [-0.1, -0.05) is 24.3 Å². The lowest BCUT2D eigenvalue weighted by atomic mass is 10.2. The van der Waals surface area contributed by atoms with Gasteiger partial charge in [0.15, 0.2) is 0 Å². The van der Waals surface area contributed by atoms with Crippen molar-refractivity contribution in [2.75, 3.05) is 5.32 Å². The molecule has 0 bridgehead atoms. The molecule has 0 aromatic heterocycles. The fourth-order valence-corrected chi connectivity index (χ4v) is 2.19. The summed E-state index contributed by atoms with van der Waals surface area (Å²) in [6.45, 7) is 1.89. The summed E-state index contributed by atoms with van der Waals surface area (Å²) in [4.78, 5) is 12.1. The van der Waals surface area contributed by atoms with Crippen molar-refractivity contribution >= 4 is 11.6 Å². The molecule has 0 saturated heterocycles. The molecule has 1 unspecified atom stereocenters. The van der Waals surface area contributed by atoms with Gasteiger partial charge in [-0.25, -0.2) is 0 Å². The number of rotatable bonds is 6. The van der Waals surface area contributed by atoms with Gasteiger partial charge in [-0.15, -0.1) is 0 Å². The van der Waals surface area contributed by atoms with Crippen molar-refractivity contribution in [3.05, 3.63) is 54.6 Å². The number of hydrogen-bond acceptors (Lipinski definition) is 3. The number of para-hydroxylation sites is 1. The predicted octanol–water partition coefficient (Wildman–Crippen LogP) is 3.56. The SMILES string of the molecule is CC(NC1CC1)C(=O)Nc1cccc(Oc2ccccc2)c1. The van der Waals surface area contributed by atoms with Crippen molar-refractivity contribution in [2.45, 2.75) is 31.8 Å². The lowest BCUT2D eigenvalue weighted by molar-refractivity contribution is -0.117. The number of anilines is 1. The zero-order valence-electron chi connectivity index (χ0n) is 12.6. The zero-order chi connectivity index (χ0) is 15.4. The molecule has 0 heterocycles. The van der Waals surface area contributed by atoms with Crippen LogP contribution in [0.4, 0.5) is 5.69 Å². The lowest BCUT2D eigenvalue weighted by Gasteiger charge is -2.14.